The number of aryl methyl sites for hydroxylation is 1. The molecule has 5 nitrogen and oxygen atoms in total. The van der Waals surface area contributed by atoms with Gasteiger partial charge in [-0.25, -0.2) is 4.79 Å². The normalized spacial score (nSPS) is 11.6. The van der Waals surface area contributed by atoms with E-state index in [0.29, 0.717) is 0 Å². The topological polar surface area (TPSA) is 67.0 Å². The number of aromatic amines is 1. The smallest absolute Gasteiger partial charge is 0.436 e. The molecule has 122 valence electrons. The second kappa shape index (κ2) is 6.73. The number of H-pyrrole nitrogens is 1. The van der Waals surface area contributed by atoms with Gasteiger partial charge in [0.15, 0.2) is 5.69 Å². The van der Waals surface area contributed by atoms with Crippen molar-refractivity contribution >= 4 is 6.09 Å². The van der Waals surface area contributed by atoms with Gasteiger partial charge in [0, 0.05) is 18.7 Å². The van der Waals surface area contributed by atoms with Gasteiger partial charge in [0.25, 0.3) is 0 Å². The Labute approximate surface area is 126 Å². The number of amides is 1. The van der Waals surface area contributed by atoms with Crippen molar-refractivity contribution < 1.29 is 22.7 Å². The van der Waals surface area contributed by atoms with Crippen molar-refractivity contribution in [2.45, 2.75) is 45.9 Å². The van der Waals surface area contributed by atoms with Gasteiger partial charge in [0.1, 0.15) is 5.60 Å². The first kappa shape index (κ1) is 17.9. The van der Waals surface area contributed by atoms with E-state index in [-0.39, 0.29) is 24.2 Å². The van der Waals surface area contributed by atoms with Crippen LogP contribution in [0.1, 0.15) is 44.1 Å². The first-order chi connectivity index (χ1) is 10.0. The standard InChI is InChI=1S/C14H18F3N3O2/c1-9-10(11(20-19-9)14(15,16)17)7-5-6-8-18-12(21)22-13(2,3)4/h6,8H2,1-4H3,(H,18,21)(H,19,20). The summed E-state index contributed by atoms with van der Waals surface area (Å²) < 4.78 is 43.0. The molecule has 0 radical (unpaired) electrons. The van der Waals surface area contributed by atoms with Gasteiger partial charge in [-0.1, -0.05) is 11.8 Å². The number of hydrogen-bond acceptors (Lipinski definition) is 3. The van der Waals surface area contributed by atoms with Crippen LogP contribution in [-0.2, 0) is 10.9 Å². The molecule has 0 bridgehead atoms. The molecule has 1 amide bonds. The number of ether oxygens (including phenoxy) is 1. The molecule has 0 saturated heterocycles. The van der Waals surface area contributed by atoms with E-state index in [0.717, 1.165) is 0 Å². The number of alkyl carbamates (subject to hydrolysis) is 1. The number of nitrogens with zero attached hydrogens (tertiary/aromatic N) is 1. The van der Waals surface area contributed by atoms with Gasteiger partial charge in [-0.3, -0.25) is 5.10 Å². The van der Waals surface area contributed by atoms with Crippen LogP contribution < -0.4 is 5.32 Å². The molecule has 0 aliphatic rings. The number of rotatable bonds is 2. The molecule has 0 atom stereocenters. The minimum absolute atomic E-state index is 0.176. The fourth-order valence-electron chi connectivity index (χ4n) is 1.48. The molecule has 0 saturated carbocycles. The third-order valence-electron chi connectivity index (χ3n) is 2.35. The van der Waals surface area contributed by atoms with Gasteiger partial charge < -0.3 is 10.1 Å². The molecule has 0 aliphatic heterocycles. The van der Waals surface area contributed by atoms with Crippen molar-refractivity contribution in [2.24, 2.45) is 0 Å². The molecule has 0 aromatic carbocycles. The highest BCUT2D eigenvalue weighted by atomic mass is 19.4. The Balaban J connectivity index is 2.56. The maximum absolute atomic E-state index is 12.7. The number of carbonyl (C=O) groups excluding carboxylic acids is 1. The molecule has 1 aromatic rings. The monoisotopic (exact) mass is 317 g/mol. The minimum Gasteiger partial charge on any atom is -0.444 e. The van der Waals surface area contributed by atoms with E-state index in [1.807, 2.05) is 0 Å². The first-order valence-electron chi connectivity index (χ1n) is 6.58. The van der Waals surface area contributed by atoms with Crippen LogP contribution in [-0.4, -0.2) is 28.4 Å². The number of halogens is 3. The number of aromatic nitrogens is 2. The Morgan fingerprint density at radius 2 is 2.00 bits per heavy atom. The van der Waals surface area contributed by atoms with Crippen molar-refractivity contribution in [3.63, 3.8) is 0 Å². The third kappa shape index (κ3) is 5.68. The summed E-state index contributed by atoms with van der Waals surface area (Å²) in [6.07, 6.45) is -4.95. The Bertz CT molecular complexity index is 589. The van der Waals surface area contributed by atoms with E-state index in [9.17, 15) is 18.0 Å². The highest BCUT2D eigenvalue weighted by Gasteiger charge is 2.37. The first-order valence-corrected chi connectivity index (χ1v) is 6.58. The number of alkyl halides is 3. The summed E-state index contributed by atoms with van der Waals surface area (Å²) >= 11 is 0. The van der Waals surface area contributed by atoms with Crippen molar-refractivity contribution in [3.8, 4) is 11.8 Å². The molecule has 0 spiro atoms. The van der Waals surface area contributed by atoms with E-state index in [2.05, 4.69) is 27.4 Å². The molecule has 0 fully saturated rings. The number of carbonyl (C=O) groups is 1. The molecule has 1 heterocycles. The molecule has 1 aromatic heterocycles. The average molecular weight is 317 g/mol. The van der Waals surface area contributed by atoms with Crippen LogP contribution in [0.2, 0.25) is 0 Å². The van der Waals surface area contributed by atoms with Crippen LogP contribution in [0.5, 0.6) is 0 Å². The lowest BCUT2D eigenvalue weighted by Crippen LogP contribution is -2.32. The highest BCUT2D eigenvalue weighted by Crippen LogP contribution is 2.30. The maximum atomic E-state index is 12.7. The summed E-state index contributed by atoms with van der Waals surface area (Å²) in [5, 5.41) is 7.95. The van der Waals surface area contributed by atoms with E-state index in [4.69, 9.17) is 4.74 Å². The van der Waals surface area contributed by atoms with Gasteiger partial charge in [-0.15, -0.1) is 0 Å². The molecular formula is C14H18F3N3O2. The molecule has 22 heavy (non-hydrogen) atoms. The van der Waals surface area contributed by atoms with E-state index in [1.165, 1.54) is 6.92 Å². The zero-order valence-electron chi connectivity index (χ0n) is 12.8. The molecule has 0 unspecified atom stereocenters. The summed E-state index contributed by atoms with van der Waals surface area (Å²) in [6, 6.07) is 0. The predicted molar refractivity (Wildman–Crippen MR) is 74.1 cm³/mol. The van der Waals surface area contributed by atoms with Crippen molar-refractivity contribution in [3.05, 3.63) is 17.0 Å². The summed E-state index contributed by atoms with van der Waals surface area (Å²) in [5.41, 5.74) is -1.56. The van der Waals surface area contributed by atoms with Gasteiger partial charge >= 0.3 is 12.3 Å². The zero-order chi connectivity index (χ0) is 17.0. The van der Waals surface area contributed by atoms with E-state index in [1.54, 1.807) is 20.8 Å². The Morgan fingerprint density at radius 3 is 2.55 bits per heavy atom. The summed E-state index contributed by atoms with van der Waals surface area (Å²) in [4.78, 5) is 11.3. The van der Waals surface area contributed by atoms with Gasteiger partial charge in [0.2, 0.25) is 0 Å². The lowest BCUT2D eigenvalue weighted by molar-refractivity contribution is -0.141. The van der Waals surface area contributed by atoms with Gasteiger partial charge in [0.05, 0.1) is 5.56 Å². The Kier molecular flexibility index (Phi) is 5.47. The SMILES string of the molecule is Cc1[nH]nc(C(F)(F)F)c1C#CCCNC(=O)OC(C)(C)C. The lowest BCUT2D eigenvalue weighted by atomic mass is 10.2. The third-order valence-corrected chi connectivity index (χ3v) is 2.35. The average Bonchev–Trinajstić information content (AvgIpc) is 2.68. The van der Waals surface area contributed by atoms with Crippen LogP contribution in [0.4, 0.5) is 18.0 Å². The van der Waals surface area contributed by atoms with Crippen molar-refractivity contribution in [2.75, 3.05) is 6.54 Å². The fourth-order valence-corrected chi connectivity index (χ4v) is 1.48. The molecule has 8 heteroatoms. The lowest BCUT2D eigenvalue weighted by Gasteiger charge is -2.19. The largest absolute Gasteiger partial charge is 0.444 e. The van der Waals surface area contributed by atoms with Crippen molar-refractivity contribution in [1.29, 1.82) is 0 Å². The fraction of sp³-hybridized carbons (Fsp3) is 0.571. The van der Waals surface area contributed by atoms with Crippen LogP contribution in [0.25, 0.3) is 0 Å². The Hall–Kier alpha value is -2.17. The molecule has 1 rings (SSSR count). The van der Waals surface area contributed by atoms with Crippen LogP contribution >= 0.6 is 0 Å². The highest BCUT2D eigenvalue weighted by molar-refractivity contribution is 5.67. The minimum atomic E-state index is -4.55. The number of hydrogen-bond donors (Lipinski definition) is 2. The molecule has 2 N–H and O–H groups in total. The molecule has 0 aliphatic carbocycles. The van der Waals surface area contributed by atoms with Gasteiger partial charge in [-0.2, -0.15) is 18.3 Å². The van der Waals surface area contributed by atoms with Crippen molar-refractivity contribution in [1.82, 2.24) is 15.5 Å². The van der Waals surface area contributed by atoms with Crippen LogP contribution in [0.15, 0.2) is 0 Å². The van der Waals surface area contributed by atoms with Gasteiger partial charge in [-0.05, 0) is 27.7 Å². The molecular weight excluding hydrogens is 299 g/mol. The van der Waals surface area contributed by atoms with Crippen LogP contribution in [0, 0.1) is 18.8 Å². The van der Waals surface area contributed by atoms with E-state index >= 15 is 0 Å². The van der Waals surface area contributed by atoms with E-state index < -0.39 is 23.6 Å². The zero-order valence-corrected chi connectivity index (χ0v) is 12.8. The quantitative estimate of drug-likeness (QED) is 0.651. The van der Waals surface area contributed by atoms with Crippen LogP contribution in [0.3, 0.4) is 0 Å². The summed E-state index contributed by atoms with van der Waals surface area (Å²) in [6.45, 7) is 6.83. The number of nitrogens with one attached hydrogen (secondary N) is 2. The second-order valence-corrected chi connectivity index (χ2v) is 5.55. The summed E-state index contributed by atoms with van der Waals surface area (Å²) in [5.74, 6) is 5.01. The predicted octanol–water partition coefficient (Wildman–Crippen LogP) is 3.00. The second-order valence-electron chi connectivity index (χ2n) is 5.55. The summed E-state index contributed by atoms with van der Waals surface area (Å²) in [7, 11) is 0. The Morgan fingerprint density at radius 1 is 1.36 bits per heavy atom. The maximum Gasteiger partial charge on any atom is 0.436 e.